The molecule has 1 N–H and O–H groups in total. The van der Waals surface area contributed by atoms with E-state index in [0.717, 1.165) is 10.6 Å². The Labute approximate surface area is 155 Å². The van der Waals surface area contributed by atoms with E-state index in [9.17, 15) is 19.1 Å². The summed E-state index contributed by atoms with van der Waals surface area (Å²) in [6.07, 6.45) is 2.09. The van der Waals surface area contributed by atoms with Crippen molar-refractivity contribution in [3.63, 3.8) is 0 Å². The zero-order valence-electron chi connectivity index (χ0n) is 14.5. The predicted octanol–water partition coefficient (Wildman–Crippen LogP) is 3.13. The molecule has 5 nitrogen and oxygen atoms in total. The number of hydrogen-bond donors (Lipinski definition) is 1. The summed E-state index contributed by atoms with van der Waals surface area (Å²) in [6.45, 7) is 2.40. The van der Waals surface area contributed by atoms with E-state index in [4.69, 9.17) is 0 Å². The van der Waals surface area contributed by atoms with Gasteiger partial charge in [0.15, 0.2) is 0 Å². The Morgan fingerprint density at radius 3 is 2.77 bits per heavy atom. The highest BCUT2D eigenvalue weighted by atomic mass is 32.1. The molecule has 0 radical (unpaired) electrons. The molecule has 0 spiro atoms. The van der Waals surface area contributed by atoms with Gasteiger partial charge in [0, 0.05) is 24.4 Å². The second-order valence-electron chi connectivity index (χ2n) is 6.63. The molecule has 0 bridgehead atoms. The highest BCUT2D eigenvalue weighted by Gasteiger charge is 2.35. The van der Waals surface area contributed by atoms with Crippen LogP contribution in [0.5, 0.6) is 0 Å². The van der Waals surface area contributed by atoms with Gasteiger partial charge in [-0.3, -0.25) is 9.59 Å². The average Bonchev–Trinajstić information content (AvgIpc) is 3.03. The van der Waals surface area contributed by atoms with E-state index in [1.54, 1.807) is 24.0 Å². The van der Waals surface area contributed by atoms with E-state index in [0.29, 0.717) is 31.5 Å². The molecule has 1 aromatic carbocycles. The monoisotopic (exact) mass is 376 g/mol. The second kappa shape index (κ2) is 7.95. The van der Waals surface area contributed by atoms with Crippen LogP contribution in [0.4, 0.5) is 4.39 Å². The molecule has 138 valence electrons. The number of carbonyl (C=O) groups is 2. The summed E-state index contributed by atoms with van der Waals surface area (Å²) < 4.78 is 13.0. The average molecular weight is 376 g/mol. The number of nitrogens with zero attached hydrogens (tertiary/aromatic N) is 2. The molecule has 0 aliphatic carbocycles. The van der Waals surface area contributed by atoms with Crippen LogP contribution in [0.15, 0.2) is 29.6 Å². The highest BCUT2D eigenvalue weighted by Crippen LogP contribution is 2.25. The van der Waals surface area contributed by atoms with Gasteiger partial charge in [-0.15, -0.1) is 11.3 Å². The number of carboxylic acids is 1. The zero-order valence-corrected chi connectivity index (χ0v) is 15.3. The van der Waals surface area contributed by atoms with Gasteiger partial charge >= 0.3 is 5.97 Å². The summed E-state index contributed by atoms with van der Waals surface area (Å²) in [5, 5.41) is 12.0. The Kier molecular flexibility index (Phi) is 5.66. The fourth-order valence-corrected chi connectivity index (χ4v) is 4.20. The standard InChI is InChI=1S/C19H21FN2O3S/c1-12-16(19(24)25)3-2-8-22(12)18(23)10-15-11-26-17(21-15)9-13-4-6-14(20)7-5-13/h4-7,11-12,16H,2-3,8-10H2,1H3,(H,24,25)/t12-,16-/m1/s1. The molecule has 7 heteroatoms. The summed E-state index contributed by atoms with van der Waals surface area (Å²) in [6, 6.07) is 5.99. The Morgan fingerprint density at radius 1 is 1.35 bits per heavy atom. The van der Waals surface area contributed by atoms with Crippen molar-refractivity contribution in [2.24, 2.45) is 5.92 Å². The number of piperidine rings is 1. The van der Waals surface area contributed by atoms with E-state index in [1.165, 1.54) is 23.5 Å². The van der Waals surface area contributed by atoms with Gasteiger partial charge in [0.1, 0.15) is 5.82 Å². The summed E-state index contributed by atoms with van der Waals surface area (Å²) in [7, 11) is 0. The molecule has 3 rings (SSSR count). The van der Waals surface area contributed by atoms with E-state index in [-0.39, 0.29) is 24.2 Å². The molecular weight excluding hydrogens is 355 g/mol. The number of amides is 1. The molecule has 1 amide bonds. The molecule has 26 heavy (non-hydrogen) atoms. The van der Waals surface area contributed by atoms with E-state index >= 15 is 0 Å². The first kappa shape index (κ1) is 18.5. The van der Waals surface area contributed by atoms with Gasteiger partial charge in [-0.05, 0) is 37.5 Å². The van der Waals surface area contributed by atoms with Crippen molar-refractivity contribution >= 4 is 23.2 Å². The van der Waals surface area contributed by atoms with Crippen molar-refractivity contribution in [2.75, 3.05) is 6.54 Å². The molecule has 1 aliphatic rings. The highest BCUT2D eigenvalue weighted by molar-refractivity contribution is 7.09. The second-order valence-corrected chi connectivity index (χ2v) is 7.57. The molecule has 1 saturated heterocycles. The number of halogens is 1. The van der Waals surface area contributed by atoms with Crippen molar-refractivity contribution in [3.8, 4) is 0 Å². The Morgan fingerprint density at radius 2 is 2.08 bits per heavy atom. The molecule has 0 unspecified atom stereocenters. The molecular formula is C19H21FN2O3S. The summed E-state index contributed by atoms with van der Waals surface area (Å²) in [4.78, 5) is 30.1. The van der Waals surface area contributed by atoms with Crippen LogP contribution in [0.25, 0.3) is 0 Å². The third-order valence-corrected chi connectivity index (χ3v) is 5.72. The largest absolute Gasteiger partial charge is 0.481 e. The van der Waals surface area contributed by atoms with Crippen molar-refractivity contribution in [3.05, 3.63) is 51.7 Å². The molecule has 2 atom stereocenters. The fourth-order valence-electron chi connectivity index (χ4n) is 3.37. The van der Waals surface area contributed by atoms with Crippen LogP contribution in [0.3, 0.4) is 0 Å². The zero-order chi connectivity index (χ0) is 18.7. The SMILES string of the molecule is C[C@@H]1[C@H](C(=O)O)CCCN1C(=O)Cc1csc(Cc2ccc(F)cc2)n1. The smallest absolute Gasteiger partial charge is 0.308 e. The number of carbonyl (C=O) groups excluding carboxylic acids is 1. The minimum absolute atomic E-state index is 0.0814. The van der Waals surface area contributed by atoms with Gasteiger partial charge in [0.05, 0.1) is 23.0 Å². The lowest BCUT2D eigenvalue weighted by atomic mass is 9.90. The predicted molar refractivity (Wildman–Crippen MR) is 96.6 cm³/mol. The minimum Gasteiger partial charge on any atom is -0.481 e. The van der Waals surface area contributed by atoms with E-state index < -0.39 is 11.9 Å². The number of hydrogen-bond acceptors (Lipinski definition) is 4. The summed E-state index contributed by atoms with van der Waals surface area (Å²) >= 11 is 1.47. The minimum atomic E-state index is -0.842. The third-order valence-electron chi connectivity index (χ3n) is 4.83. The first-order valence-corrected chi connectivity index (χ1v) is 9.52. The van der Waals surface area contributed by atoms with E-state index in [2.05, 4.69) is 4.98 Å². The van der Waals surface area contributed by atoms with Crippen LogP contribution < -0.4 is 0 Å². The first-order valence-electron chi connectivity index (χ1n) is 8.64. The molecule has 1 fully saturated rings. The number of aromatic nitrogens is 1. The summed E-state index contributed by atoms with van der Waals surface area (Å²) in [5.74, 6) is -1.70. The van der Waals surface area contributed by atoms with Crippen LogP contribution in [-0.4, -0.2) is 39.5 Å². The normalized spacial score (nSPS) is 20.2. The maximum atomic E-state index is 13.0. The van der Waals surface area contributed by atoms with Crippen LogP contribution in [0, 0.1) is 11.7 Å². The van der Waals surface area contributed by atoms with Gasteiger partial charge in [0.25, 0.3) is 0 Å². The van der Waals surface area contributed by atoms with Crippen molar-refractivity contribution in [1.82, 2.24) is 9.88 Å². The van der Waals surface area contributed by atoms with Gasteiger partial charge in [-0.1, -0.05) is 12.1 Å². The maximum Gasteiger partial charge on any atom is 0.308 e. The molecule has 2 aromatic rings. The van der Waals surface area contributed by atoms with Gasteiger partial charge in [0.2, 0.25) is 5.91 Å². The van der Waals surface area contributed by atoms with E-state index in [1.807, 2.05) is 5.38 Å². The Balaban J connectivity index is 1.62. The van der Waals surface area contributed by atoms with Gasteiger partial charge in [-0.2, -0.15) is 0 Å². The van der Waals surface area contributed by atoms with Crippen LogP contribution in [0.2, 0.25) is 0 Å². The lowest BCUT2D eigenvalue weighted by Gasteiger charge is -2.37. The number of carboxylic acid groups (broad SMARTS) is 1. The lowest BCUT2D eigenvalue weighted by molar-refractivity contribution is -0.148. The Bertz CT molecular complexity index is 790. The fraction of sp³-hybridized carbons (Fsp3) is 0.421. The third kappa shape index (κ3) is 4.27. The van der Waals surface area contributed by atoms with Crippen LogP contribution in [0.1, 0.15) is 36.0 Å². The van der Waals surface area contributed by atoms with Gasteiger partial charge in [-0.25, -0.2) is 9.37 Å². The molecule has 1 aromatic heterocycles. The van der Waals surface area contributed by atoms with Crippen LogP contribution >= 0.6 is 11.3 Å². The van der Waals surface area contributed by atoms with Crippen molar-refractivity contribution in [2.45, 2.75) is 38.6 Å². The molecule has 1 aliphatic heterocycles. The summed E-state index contributed by atoms with van der Waals surface area (Å²) in [5.41, 5.74) is 1.66. The number of benzene rings is 1. The quantitative estimate of drug-likeness (QED) is 0.870. The number of likely N-dealkylation sites (tertiary alicyclic amines) is 1. The molecule has 0 saturated carbocycles. The Hall–Kier alpha value is -2.28. The first-order chi connectivity index (χ1) is 12.4. The number of thiazole rings is 1. The van der Waals surface area contributed by atoms with Gasteiger partial charge < -0.3 is 10.0 Å². The maximum absolute atomic E-state index is 13.0. The number of rotatable bonds is 5. The lowest BCUT2D eigenvalue weighted by Crippen LogP contribution is -2.49. The topological polar surface area (TPSA) is 70.5 Å². The van der Waals surface area contributed by atoms with Crippen molar-refractivity contribution < 1.29 is 19.1 Å². The number of aliphatic carboxylic acids is 1. The molecule has 2 heterocycles. The van der Waals surface area contributed by atoms with Crippen molar-refractivity contribution in [1.29, 1.82) is 0 Å². The van der Waals surface area contributed by atoms with Crippen LogP contribution in [-0.2, 0) is 22.4 Å².